The molecule has 0 aromatic heterocycles. The average molecular weight is 393 g/mol. The molecule has 1 unspecified atom stereocenters. The summed E-state index contributed by atoms with van der Waals surface area (Å²) in [6.45, 7) is 0.390. The Bertz CT molecular complexity index is 666. The van der Waals surface area contributed by atoms with Crippen LogP contribution in [-0.4, -0.2) is 50.4 Å². The molecule has 122 valence electrons. The maximum absolute atomic E-state index is 13.7. The monoisotopic (exact) mass is 392 g/mol. The number of halogens is 2. The maximum Gasteiger partial charge on any atom is 0.234 e. The predicted octanol–water partition coefficient (Wildman–Crippen LogP) is 1.32. The Morgan fingerprint density at radius 2 is 2.23 bits per heavy atom. The Hall–Kier alpha value is -0.990. The minimum Gasteiger partial charge on any atom is -0.351 e. The fraction of sp³-hybridized carbons (Fsp3) is 0.500. The Kier molecular flexibility index (Phi) is 5.57. The van der Waals surface area contributed by atoms with E-state index in [1.165, 1.54) is 6.07 Å². The van der Waals surface area contributed by atoms with Crippen LogP contribution in [0.3, 0.4) is 0 Å². The first-order chi connectivity index (χ1) is 10.2. The molecule has 0 saturated carbocycles. The first-order valence-electron chi connectivity index (χ1n) is 6.87. The summed E-state index contributed by atoms with van der Waals surface area (Å²) in [6, 6.07) is 4.48. The smallest absolute Gasteiger partial charge is 0.234 e. The summed E-state index contributed by atoms with van der Waals surface area (Å²) in [7, 11) is -1.30. The largest absolute Gasteiger partial charge is 0.351 e. The van der Waals surface area contributed by atoms with Crippen molar-refractivity contribution in [3.63, 3.8) is 0 Å². The van der Waals surface area contributed by atoms with Gasteiger partial charge in [0.05, 0.1) is 18.1 Å². The molecule has 1 atom stereocenters. The van der Waals surface area contributed by atoms with Gasteiger partial charge in [-0.15, -0.1) is 0 Å². The third-order valence-electron chi connectivity index (χ3n) is 3.47. The van der Waals surface area contributed by atoms with Gasteiger partial charge in [-0.25, -0.2) is 12.8 Å². The lowest BCUT2D eigenvalue weighted by Crippen LogP contribution is -2.41. The molecule has 1 aromatic rings. The number of nitrogens with zero attached hydrogens (tertiary/aromatic N) is 1. The standard InChI is InChI=1S/C14H18BrFN2O3S/c1-18(7-10-2-3-11(15)6-13(10)16)8-14(19)17-12-4-5-22(20,21)9-12/h2-3,6,12H,4-5,7-9H2,1H3,(H,17,19). The molecular formula is C14H18BrFN2O3S. The van der Waals surface area contributed by atoms with E-state index in [1.807, 2.05) is 0 Å². The Morgan fingerprint density at radius 3 is 2.82 bits per heavy atom. The number of likely N-dealkylation sites (N-methyl/N-ethyl adjacent to an activating group) is 1. The van der Waals surface area contributed by atoms with Crippen LogP contribution in [0.15, 0.2) is 22.7 Å². The molecule has 8 heteroatoms. The van der Waals surface area contributed by atoms with Gasteiger partial charge in [0.15, 0.2) is 9.84 Å². The fourth-order valence-electron chi connectivity index (χ4n) is 2.42. The van der Waals surface area contributed by atoms with Gasteiger partial charge < -0.3 is 5.32 Å². The van der Waals surface area contributed by atoms with Crippen LogP contribution in [0.25, 0.3) is 0 Å². The molecule has 0 aliphatic carbocycles. The van der Waals surface area contributed by atoms with E-state index < -0.39 is 9.84 Å². The maximum atomic E-state index is 13.7. The summed E-state index contributed by atoms with van der Waals surface area (Å²) in [6.07, 6.45) is 0.457. The average Bonchev–Trinajstić information content (AvgIpc) is 2.71. The molecule has 22 heavy (non-hydrogen) atoms. The molecule has 1 amide bonds. The zero-order chi connectivity index (χ0) is 16.3. The third kappa shape index (κ3) is 5.03. The van der Waals surface area contributed by atoms with E-state index in [0.29, 0.717) is 23.0 Å². The number of amides is 1. The summed E-state index contributed by atoms with van der Waals surface area (Å²) in [5, 5.41) is 2.71. The summed E-state index contributed by atoms with van der Waals surface area (Å²) in [5.41, 5.74) is 0.502. The first kappa shape index (κ1) is 17.4. The van der Waals surface area contributed by atoms with E-state index in [2.05, 4.69) is 21.2 Å². The first-order valence-corrected chi connectivity index (χ1v) is 9.49. The van der Waals surface area contributed by atoms with Crippen LogP contribution in [0.1, 0.15) is 12.0 Å². The lowest BCUT2D eigenvalue weighted by atomic mass is 10.2. The molecule has 1 aliphatic rings. The zero-order valence-electron chi connectivity index (χ0n) is 12.2. The van der Waals surface area contributed by atoms with Crippen LogP contribution in [0, 0.1) is 5.82 Å². The number of benzene rings is 1. The summed E-state index contributed by atoms with van der Waals surface area (Å²) < 4.78 is 37.1. The highest BCUT2D eigenvalue weighted by atomic mass is 79.9. The number of hydrogen-bond acceptors (Lipinski definition) is 4. The van der Waals surface area contributed by atoms with Gasteiger partial charge >= 0.3 is 0 Å². The van der Waals surface area contributed by atoms with Gasteiger partial charge in [-0.1, -0.05) is 22.0 Å². The van der Waals surface area contributed by atoms with Gasteiger partial charge in [-0.3, -0.25) is 9.69 Å². The van der Waals surface area contributed by atoms with Crippen LogP contribution < -0.4 is 5.32 Å². The third-order valence-corrected chi connectivity index (χ3v) is 5.73. The second kappa shape index (κ2) is 7.06. The molecule has 2 rings (SSSR count). The Labute approximate surface area is 137 Å². The molecule has 1 fully saturated rings. The Balaban J connectivity index is 1.84. The normalized spacial score (nSPS) is 20.3. The van der Waals surface area contributed by atoms with Crippen LogP contribution in [0.4, 0.5) is 4.39 Å². The summed E-state index contributed by atoms with van der Waals surface area (Å²) >= 11 is 3.19. The van der Waals surface area contributed by atoms with E-state index in [9.17, 15) is 17.6 Å². The van der Waals surface area contributed by atoms with Crippen LogP contribution >= 0.6 is 15.9 Å². The molecule has 1 aromatic carbocycles. The molecule has 0 bridgehead atoms. The molecule has 5 nitrogen and oxygen atoms in total. The minimum atomic E-state index is -3.01. The van der Waals surface area contributed by atoms with Crippen molar-refractivity contribution in [3.8, 4) is 0 Å². The Morgan fingerprint density at radius 1 is 1.50 bits per heavy atom. The summed E-state index contributed by atoms with van der Waals surface area (Å²) in [5.74, 6) is -0.451. The van der Waals surface area contributed by atoms with Gasteiger partial charge in [0.1, 0.15) is 5.82 Å². The van der Waals surface area contributed by atoms with Gasteiger partial charge in [-0.2, -0.15) is 0 Å². The van der Waals surface area contributed by atoms with Crippen molar-refractivity contribution < 1.29 is 17.6 Å². The highest BCUT2D eigenvalue weighted by Crippen LogP contribution is 2.16. The fourth-order valence-corrected chi connectivity index (χ4v) is 4.43. The molecule has 1 N–H and O–H groups in total. The van der Waals surface area contributed by atoms with E-state index in [-0.39, 0.29) is 35.8 Å². The van der Waals surface area contributed by atoms with Crippen LogP contribution in [0.5, 0.6) is 0 Å². The lowest BCUT2D eigenvalue weighted by Gasteiger charge is -2.18. The van der Waals surface area contributed by atoms with Gasteiger partial charge in [0.2, 0.25) is 5.91 Å². The van der Waals surface area contributed by atoms with Crippen LogP contribution in [-0.2, 0) is 21.2 Å². The van der Waals surface area contributed by atoms with E-state index in [4.69, 9.17) is 0 Å². The van der Waals surface area contributed by atoms with Crippen molar-refractivity contribution in [1.82, 2.24) is 10.2 Å². The molecule has 1 aliphatic heterocycles. The van der Waals surface area contributed by atoms with Crippen molar-refractivity contribution in [2.24, 2.45) is 0 Å². The number of nitrogens with one attached hydrogen (secondary N) is 1. The lowest BCUT2D eigenvalue weighted by molar-refractivity contribution is -0.122. The zero-order valence-corrected chi connectivity index (χ0v) is 14.6. The second-order valence-electron chi connectivity index (χ2n) is 5.58. The molecular weight excluding hydrogens is 375 g/mol. The van der Waals surface area contributed by atoms with Gasteiger partial charge in [0.25, 0.3) is 0 Å². The number of carbonyl (C=O) groups excluding carboxylic acids is 1. The molecule has 1 heterocycles. The van der Waals surface area contributed by atoms with Gasteiger partial charge in [0, 0.05) is 22.6 Å². The minimum absolute atomic E-state index is 0.00376. The topological polar surface area (TPSA) is 66.5 Å². The van der Waals surface area contributed by atoms with Crippen molar-refractivity contribution in [2.75, 3.05) is 25.1 Å². The number of carbonyl (C=O) groups is 1. The van der Waals surface area contributed by atoms with Crippen molar-refractivity contribution in [2.45, 2.75) is 19.0 Å². The molecule has 1 saturated heterocycles. The SMILES string of the molecule is CN(CC(=O)NC1CCS(=O)(=O)C1)Cc1ccc(Br)cc1F. The van der Waals surface area contributed by atoms with Crippen molar-refractivity contribution in [3.05, 3.63) is 34.1 Å². The summed E-state index contributed by atoms with van der Waals surface area (Å²) in [4.78, 5) is 13.6. The molecule has 0 radical (unpaired) electrons. The van der Waals surface area contributed by atoms with E-state index >= 15 is 0 Å². The van der Waals surface area contributed by atoms with E-state index in [1.54, 1.807) is 24.1 Å². The van der Waals surface area contributed by atoms with Crippen molar-refractivity contribution in [1.29, 1.82) is 0 Å². The number of rotatable bonds is 5. The number of sulfone groups is 1. The van der Waals surface area contributed by atoms with E-state index in [0.717, 1.165) is 0 Å². The quantitative estimate of drug-likeness (QED) is 0.820. The second-order valence-corrected chi connectivity index (χ2v) is 8.72. The van der Waals surface area contributed by atoms with Crippen LogP contribution in [0.2, 0.25) is 0 Å². The van der Waals surface area contributed by atoms with Gasteiger partial charge in [-0.05, 0) is 25.6 Å². The highest BCUT2D eigenvalue weighted by molar-refractivity contribution is 9.10. The number of hydrogen-bond donors (Lipinski definition) is 1. The predicted molar refractivity (Wildman–Crippen MR) is 85.6 cm³/mol. The highest BCUT2D eigenvalue weighted by Gasteiger charge is 2.28. The van der Waals surface area contributed by atoms with Crippen molar-refractivity contribution >= 4 is 31.7 Å². The molecule has 0 spiro atoms.